The van der Waals surface area contributed by atoms with E-state index in [9.17, 15) is 0 Å². The summed E-state index contributed by atoms with van der Waals surface area (Å²) in [5.74, 6) is 0.825. The highest BCUT2D eigenvalue weighted by molar-refractivity contribution is 7.98. The Labute approximate surface area is 203 Å². The molecule has 1 aromatic heterocycles. The number of hydrogen-bond acceptors (Lipinski definition) is 6. The zero-order valence-corrected chi connectivity index (χ0v) is 20.7. The average Bonchev–Trinajstić information content (AvgIpc) is 3.09. The minimum absolute atomic E-state index is 0.602. The first kappa shape index (κ1) is 23.2. The van der Waals surface area contributed by atoms with Crippen LogP contribution in [-0.4, -0.2) is 70.0 Å². The molecule has 0 spiro atoms. The van der Waals surface area contributed by atoms with Crippen molar-refractivity contribution in [2.75, 3.05) is 39.5 Å². The van der Waals surface area contributed by atoms with E-state index in [2.05, 4.69) is 47.4 Å². The maximum Gasteiger partial charge on any atom is 0.220 e. The van der Waals surface area contributed by atoms with Crippen molar-refractivity contribution in [2.45, 2.75) is 18.0 Å². The van der Waals surface area contributed by atoms with Crippen LogP contribution in [0.4, 0.5) is 0 Å². The van der Waals surface area contributed by atoms with Crippen molar-refractivity contribution in [1.82, 2.24) is 24.3 Å². The predicted molar refractivity (Wildman–Crippen MR) is 136 cm³/mol. The molecule has 2 heterocycles. The summed E-state index contributed by atoms with van der Waals surface area (Å²) in [7, 11) is 2.16. The van der Waals surface area contributed by atoms with Gasteiger partial charge in [-0.3, -0.25) is 4.90 Å². The summed E-state index contributed by atoms with van der Waals surface area (Å²) in [5, 5.41) is 10.3. The minimum atomic E-state index is 0.602. The quantitative estimate of drug-likeness (QED) is 0.280. The first-order chi connectivity index (χ1) is 15.5. The minimum Gasteiger partial charge on any atom is -0.304 e. The second-order valence-corrected chi connectivity index (χ2v) is 9.58. The third kappa shape index (κ3) is 5.88. The van der Waals surface area contributed by atoms with E-state index in [1.807, 2.05) is 28.9 Å². The van der Waals surface area contributed by atoms with Crippen LogP contribution in [0.25, 0.3) is 0 Å². The fourth-order valence-corrected chi connectivity index (χ4v) is 4.33. The smallest absolute Gasteiger partial charge is 0.220 e. The molecule has 0 saturated carbocycles. The molecule has 0 amide bonds. The molecule has 32 heavy (non-hydrogen) atoms. The van der Waals surface area contributed by atoms with Gasteiger partial charge in [0.1, 0.15) is 0 Å². The molecule has 2 aromatic carbocycles. The molecule has 0 unspecified atom stereocenters. The molecular weight excluding hydrogens is 460 g/mol. The Morgan fingerprint density at radius 1 is 1.06 bits per heavy atom. The van der Waals surface area contributed by atoms with Gasteiger partial charge in [0.05, 0.1) is 12.9 Å². The molecule has 0 aliphatic carbocycles. The van der Waals surface area contributed by atoms with Crippen LogP contribution in [0.15, 0.2) is 58.5 Å². The lowest BCUT2D eigenvalue weighted by Gasteiger charge is -2.31. The van der Waals surface area contributed by atoms with E-state index in [1.165, 1.54) is 10.5 Å². The van der Waals surface area contributed by atoms with Gasteiger partial charge in [0, 0.05) is 42.5 Å². The Kier molecular flexibility index (Phi) is 7.80. The zero-order chi connectivity index (χ0) is 22.5. The van der Waals surface area contributed by atoms with Crippen LogP contribution in [0.3, 0.4) is 0 Å². The van der Waals surface area contributed by atoms with Crippen LogP contribution in [0, 0.1) is 4.77 Å². The lowest BCUT2D eigenvalue weighted by Crippen LogP contribution is -2.45. The van der Waals surface area contributed by atoms with Gasteiger partial charge in [-0.05, 0) is 60.9 Å². The Balaban J connectivity index is 1.62. The molecule has 0 radical (unpaired) electrons. The second kappa shape index (κ2) is 10.8. The zero-order valence-electron chi connectivity index (χ0n) is 18.3. The number of aromatic nitrogens is 3. The highest BCUT2D eigenvalue weighted by Crippen LogP contribution is 2.17. The SMILES string of the molecule is CSc1ccc(Cc2nn(CN3CCN(C)CC3)c(=S)n2/N=C/c2ccc(Cl)cc2)cc1. The van der Waals surface area contributed by atoms with Crippen LogP contribution < -0.4 is 0 Å². The fraction of sp³-hybridized carbons (Fsp3) is 0.348. The van der Waals surface area contributed by atoms with E-state index in [4.69, 9.17) is 34.0 Å². The van der Waals surface area contributed by atoms with Gasteiger partial charge in [-0.15, -0.1) is 11.8 Å². The Morgan fingerprint density at radius 2 is 1.75 bits per heavy atom. The van der Waals surface area contributed by atoms with Gasteiger partial charge in [0.25, 0.3) is 0 Å². The molecule has 3 aromatic rings. The lowest BCUT2D eigenvalue weighted by atomic mass is 10.1. The van der Waals surface area contributed by atoms with Gasteiger partial charge < -0.3 is 4.90 Å². The molecule has 9 heteroatoms. The average molecular weight is 487 g/mol. The molecule has 1 saturated heterocycles. The third-order valence-corrected chi connectivity index (χ3v) is 6.91. The molecule has 1 aliphatic heterocycles. The first-order valence-electron chi connectivity index (χ1n) is 10.5. The molecule has 1 aliphatic rings. The molecule has 6 nitrogen and oxygen atoms in total. The van der Waals surface area contributed by atoms with Crippen molar-refractivity contribution >= 4 is 41.8 Å². The van der Waals surface area contributed by atoms with E-state index >= 15 is 0 Å². The van der Waals surface area contributed by atoms with Crippen molar-refractivity contribution in [2.24, 2.45) is 5.10 Å². The third-order valence-electron chi connectivity index (χ3n) is 5.53. The maximum absolute atomic E-state index is 6.01. The van der Waals surface area contributed by atoms with Crippen molar-refractivity contribution < 1.29 is 0 Å². The molecule has 0 N–H and O–H groups in total. The Morgan fingerprint density at radius 3 is 2.41 bits per heavy atom. The number of thioether (sulfide) groups is 1. The standard InChI is InChI=1S/C23H27ClN6S2/c1-27-11-13-28(14-12-27)17-29-23(31)30(25-16-19-3-7-20(24)8-4-19)22(26-29)15-18-5-9-21(32-2)10-6-18/h3-10,16H,11-15,17H2,1-2H3/b25-16+. The van der Waals surface area contributed by atoms with E-state index in [0.717, 1.165) is 37.6 Å². The Hall–Kier alpha value is -1.97. The molecule has 0 bridgehead atoms. The van der Waals surface area contributed by atoms with Crippen LogP contribution in [0.1, 0.15) is 17.0 Å². The van der Waals surface area contributed by atoms with Gasteiger partial charge in [-0.25, -0.2) is 4.68 Å². The fourth-order valence-electron chi connectivity index (χ4n) is 3.54. The highest BCUT2D eigenvalue weighted by Gasteiger charge is 2.17. The summed E-state index contributed by atoms with van der Waals surface area (Å²) in [6.45, 7) is 4.79. The molecular formula is C23H27ClN6S2. The van der Waals surface area contributed by atoms with Crippen molar-refractivity contribution in [1.29, 1.82) is 0 Å². The van der Waals surface area contributed by atoms with Gasteiger partial charge in [-0.2, -0.15) is 14.9 Å². The van der Waals surface area contributed by atoms with Crippen molar-refractivity contribution in [3.05, 3.63) is 75.3 Å². The summed E-state index contributed by atoms with van der Waals surface area (Å²) >= 11 is 13.5. The molecule has 0 atom stereocenters. The van der Waals surface area contributed by atoms with E-state index in [0.29, 0.717) is 22.9 Å². The number of likely N-dealkylation sites (N-methyl/N-ethyl adjacent to an activating group) is 1. The maximum atomic E-state index is 6.01. The number of rotatable bonds is 7. The lowest BCUT2D eigenvalue weighted by molar-refractivity contribution is 0.118. The van der Waals surface area contributed by atoms with Crippen LogP contribution in [0.2, 0.25) is 5.02 Å². The molecule has 4 rings (SSSR count). The van der Waals surface area contributed by atoms with Crippen molar-refractivity contribution in [3.8, 4) is 0 Å². The summed E-state index contributed by atoms with van der Waals surface area (Å²) in [5.41, 5.74) is 2.14. The summed E-state index contributed by atoms with van der Waals surface area (Å²) in [6, 6.07) is 16.1. The first-order valence-corrected chi connectivity index (χ1v) is 12.6. The predicted octanol–water partition coefficient (Wildman–Crippen LogP) is 4.47. The summed E-state index contributed by atoms with van der Waals surface area (Å²) < 4.78 is 4.28. The second-order valence-electron chi connectivity index (χ2n) is 7.89. The topological polar surface area (TPSA) is 41.6 Å². The molecule has 168 valence electrons. The van der Waals surface area contributed by atoms with Gasteiger partial charge in [0.2, 0.25) is 4.77 Å². The molecule has 1 fully saturated rings. The number of halogens is 1. The van der Waals surface area contributed by atoms with Crippen molar-refractivity contribution in [3.63, 3.8) is 0 Å². The largest absolute Gasteiger partial charge is 0.304 e. The van der Waals surface area contributed by atoms with Crippen LogP contribution in [-0.2, 0) is 13.1 Å². The number of benzene rings is 2. The number of piperazine rings is 1. The van der Waals surface area contributed by atoms with E-state index < -0.39 is 0 Å². The summed E-state index contributed by atoms with van der Waals surface area (Å²) in [6.07, 6.45) is 4.54. The highest BCUT2D eigenvalue weighted by atomic mass is 35.5. The van der Waals surface area contributed by atoms with Gasteiger partial charge >= 0.3 is 0 Å². The number of hydrogen-bond donors (Lipinski definition) is 0. The van der Waals surface area contributed by atoms with Gasteiger partial charge in [0.15, 0.2) is 5.82 Å². The van der Waals surface area contributed by atoms with E-state index in [-0.39, 0.29) is 0 Å². The monoisotopic (exact) mass is 486 g/mol. The Bertz CT molecular complexity index is 1110. The normalized spacial score (nSPS) is 15.6. The van der Waals surface area contributed by atoms with E-state index in [1.54, 1.807) is 22.7 Å². The van der Waals surface area contributed by atoms with Gasteiger partial charge in [-0.1, -0.05) is 35.9 Å². The van der Waals surface area contributed by atoms with Crippen LogP contribution in [0.5, 0.6) is 0 Å². The summed E-state index contributed by atoms with van der Waals surface area (Å²) in [4.78, 5) is 5.97. The number of nitrogens with zero attached hydrogens (tertiary/aromatic N) is 6. The van der Waals surface area contributed by atoms with Crippen LogP contribution >= 0.6 is 35.6 Å².